The van der Waals surface area contributed by atoms with Crippen molar-refractivity contribution in [1.29, 1.82) is 0 Å². The highest BCUT2D eigenvalue weighted by Crippen LogP contribution is 2.18. The molecule has 0 aliphatic rings. The summed E-state index contributed by atoms with van der Waals surface area (Å²) in [5.41, 5.74) is 7.25. The molecule has 2 aromatic rings. The summed E-state index contributed by atoms with van der Waals surface area (Å²) < 4.78 is 26.9. The van der Waals surface area contributed by atoms with Crippen molar-refractivity contribution in [3.63, 3.8) is 0 Å². The van der Waals surface area contributed by atoms with Gasteiger partial charge < -0.3 is 5.73 Å². The van der Waals surface area contributed by atoms with Gasteiger partial charge in [0.05, 0.1) is 11.1 Å². The number of rotatable bonds is 6. The van der Waals surface area contributed by atoms with Crippen LogP contribution in [-0.4, -0.2) is 18.6 Å². The van der Waals surface area contributed by atoms with Gasteiger partial charge in [0, 0.05) is 12.1 Å². The summed E-state index contributed by atoms with van der Waals surface area (Å²) in [6.07, 6.45) is 3.46. The van der Waals surface area contributed by atoms with Gasteiger partial charge in [-0.15, -0.1) is 0 Å². The molecule has 0 aliphatic heterocycles. The van der Waals surface area contributed by atoms with Gasteiger partial charge in [-0.1, -0.05) is 25.5 Å². The van der Waals surface area contributed by atoms with Gasteiger partial charge in [-0.3, -0.25) is 9.82 Å². The van der Waals surface area contributed by atoms with Gasteiger partial charge in [0.25, 0.3) is 10.0 Å². The molecule has 0 saturated carbocycles. The quantitative estimate of drug-likeness (QED) is 0.753. The summed E-state index contributed by atoms with van der Waals surface area (Å²) in [5.74, 6) is 0.310. The lowest BCUT2D eigenvalue weighted by Crippen LogP contribution is -2.15. The van der Waals surface area contributed by atoms with Crippen molar-refractivity contribution in [2.75, 3.05) is 4.72 Å². The molecule has 2 rings (SSSR count). The number of nitrogens with one attached hydrogen (secondary N) is 2. The van der Waals surface area contributed by atoms with Crippen LogP contribution in [-0.2, 0) is 23.0 Å². The Bertz CT molecular complexity index is 662. The lowest BCUT2D eigenvalue weighted by Gasteiger charge is -2.08. The largest absolute Gasteiger partial charge is 0.326 e. The number of hydrogen-bond acceptors (Lipinski definition) is 4. The molecule has 0 amide bonds. The van der Waals surface area contributed by atoms with Crippen LogP contribution in [0.25, 0.3) is 0 Å². The number of H-pyrrole nitrogens is 1. The first-order valence-corrected chi connectivity index (χ1v) is 7.89. The molecule has 0 radical (unpaired) electrons. The molecule has 1 aromatic carbocycles. The van der Waals surface area contributed by atoms with Crippen LogP contribution in [0.15, 0.2) is 35.4 Å². The van der Waals surface area contributed by atoms with Crippen molar-refractivity contribution in [2.45, 2.75) is 31.2 Å². The standard InChI is InChI=1S/C13H18N4O2S/c1-2-3-10-4-6-12(7-5-10)20(18,19)17-13-11(8-14)9-15-16-13/h4-7,9H,2-3,8,14H2,1H3,(H2,15,16,17). The third kappa shape index (κ3) is 3.17. The molecule has 0 saturated heterocycles. The molecular weight excluding hydrogens is 276 g/mol. The third-order valence-electron chi connectivity index (χ3n) is 2.95. The first kappa shape index (κ1) is 14.5. The number of aromatic amines is 1. The summed E-state index contributed by atoms with van der Waals surface area (Å²) in [5, 5.41) is 6.37. The zero-order valence-corrected chi connectivity index (χ0v) is 12.1. The zero-order valence-electron chi connectivity index (χ0n) is 11.3. The van der Waals surface area contributed by atoms with Gasteiger partial charge in [-0.2, -0.15) is 5.10 Å². The van der Waals surface area contributed by atoms with Crippen LogP contribution in [0.3, 0.4) is 0 Å². The number of anilines is 1. The van der Waals surface area contributed by atoms with E-state index in [4.69, 9.17) is 5.73 Å². The van der Waals surface area contributed by atoms with Crippen molar-refractivity contribution in [3.05, 3.63) is 41.6 Å². The molecule has 6 nitrogen and oxygen atoms in total. The van der Waals surface area contributed by atoms with Crippen LogP contribution in [0.5, 0.6) is 0 Å². The number of benzene rings is 1. The van der Waals surface area contributed by atoms with Gasteiger partial charge in [0.15, 0.2) is 0 Å². The van der Waals surface area contributed by atoms with E-state index in [0.29, 0.717) is 11.4 Å². The minimum atomic E-state index is -3.62. The predicted octanol–water partition coefficient (Wildman–Crippen LogP) is 1.62. The Balaban J connectivity index is 2.22. The molecule has 1 heterocycles. The second-order valence-corrected chi connectivity index (χ2v) is 6.16. The van der Waals surface area contributed by atoms with Crippen LogP contribution in [0.2, 0.25) is 0 Å². The molecule has 0 fully saturated rings. The molecule has 0 atom stereocenters. The van der Waals surface area contributed by atoms with E-state index >= 15 is 0 Å². The molecule has 7 heteroatoms. The normalized spacial score (nSPS) is 11.5. The van der Waals surface area contributed by atoms with Crippen molar-refractivity contribution >= 4 is 15.8 Å². The van der Waals surface area contributed by atoms with Crippen LogP contribution in [0.4, 0.5) is 5.82 Å². The minimum absolute atomic E-state index is 0.212. The molecule has 0 aliphatic carbocycles. The summed E-state index contributed by atoms with van der Waals surface area (Å²) in [6, 6.07) is 6.86. The average Bonchev–Trinajstić information content (AvgIpc) is 2.86. The molecule has 1 aromatic heterocycles. The average molecular weight is 294 g/mol. The fraction of sp³-hybridized carbons (Fsp3) is 0.308. The number of aromatic nitrogens is 2. The van der Waals surface area contributed by atoms with E-state index in [9.17, 15) is 8.42 Å². The summed E-state index contributed by atoms with van der Waals surface area (Å²) in [6.45, 7) is 2.29. The number of sulfonamides is 1. The van der Waals surface area contributed by atoms with E-state index in [0.717, 1.165) is 18.4 Å². The van der Waals surface area contributed by atoms with Crippen LogP contribution in [0, 0.1) is 0 Å². The van der Waals surface area contributed by atoms with Crippen molar-refractivity contribution in [1.82, 2.24) is 10.2 Å². The Hall–Kier alpha value is -1.86. The SMILES string of the molecule is CCCc1ccc(S(=O)(=O)Nc2[nH]ncc2CN)cc1. The molecule has 4 N–H and O–H groups in total. The molecule has 0 spiro atoms. The smallest absolute Gasteiger partial charge is 0.263 e. The number of hydrogen-bond donors (Lipinski definition) is 3. The molecule has 20 heavy (non-hydrogen) atoms. The van der Waals surface area contributed by atoms with E-state index in [2.05, 4.69) is 21.8 Å². The van der Waals surface area contributed by atoms with Crippen molar-refractivity contribution < 1.29 is 8.42 Å². The maximum absolute atomic E-state index is 12.2. The van der Waals surface area contributed by atoms with Crippen LogP contribution < -0.4 is 10.5 Å². The minimum Gasteiger partial charge on any atom is -0.326 e. The topological polar surface area (TPSA) is 101 Å². The molecule has 0 bridgehead atoms. The summed E-state index contributed by atoms with van der Waals surface area (Å²) >= 11 is 0. The summed E-state index contributed by atoms with van der Waals surface area (Å²) in [4.78, 5) is 0.218. The van der Waals surface area contributed by atoms with E-state index in [1.54, 1.807) is 12.1 Å². The van der Waals surface area contributed by atoms with E-state index in [-0.39, 0.29) is 11.4 Å². The Morgan fingerprint density at radius 3 is 2.60 bits per heavy atom. The first-order chi connectivity index (χ1) is 9.56. The highest BCUT2D eigenvalue weighted by molar-refractivity contribution is 7.92. The Morgan fingerprint density at radius 2 is 2.00 bits per heavy atom. The lowest BCUT2D eigenvalue weighted by atomic mass is 10.1. The maximum atomic E-state index is 12.2. The fourth-order valence-corrected chi connectivity index (χ4v) is 2.93. The highest BCUT2D eigenvalue weighted by atomic mass is 32.2. The Kier molecular flexibility index (Phi) is 4.41. The fourth-order valence-electron chi connectivity index (χ4n) is 1.87. The van der Waals surface area contributed by atoms with Gasteiger partial charge in [0.2, 0.25) is 0 Å². The van der Waals surface area contributed by atoms with Crippen LogP contribution >= 0.6 is 0 Å². The lowest BCUT2D eigenvalue weighted by molar-refractivity contribution is 0.601. The zero-order chi connectivity index (χ0) is 14.6. The summed E-state index contributed by atoms with van der Waals surface area (Å²) in [7, 11) is -3.62. The second-order valence-electron chi connectivity index (χ2n) is 4.47. The molecular formula is C13H18N4O2S. The van der Waals surface area contributed by atoms with E-state index < -0.39 is 10.0 Å². The second kappa shape index (κ2) is 6.06. The predicted molar refractivity (Wildman–Crippen MR) is 77.7 cm³/mol. The Morgan fingerprint density at radius 1 is 1.30 bits per heavy atom. The van der Waals surface area contributed by atoms with E-state index in [1.807, 2.05) is 12.1 Å². The molecule has 0 unspecified atom stereocenters. The van der Waals surface area contributed by atoms with Crippen LogP contribution in [0.1, 0.15) is 24.5 Å². The number of nitrogens with two attached hydrogens (primary N) is 1. The number of nitrogens with zero attached hydrogens (tertiary/aromatic N) is 1. The maximum Gasteiger partial charge on any atom is 0.263 e. The molecule has 108 valence electrons. The first-order valence-electron chi connectivity index (χ1n) is 6.41. The van der Waals surface area contributed by atoms with Gasteiger partial charge >= 0.3 is 0 Å². The monoisotopic (exact) mass is 294 g/mol. The van der Waals surface area contributed by atoms with E-state index in [1.165, 1.54) is 6.20 Å². The van der Waals surface area contributed by atoms with Crippen molar-refractivity contribution in [2.24, 2.45) is 5.73 Å². The van der Waals surface area contributed by atoms with Crippen molar-refractivity contribution in [3.8, 4) is 0 Å². The van der Waals surface area contributed by atoms with Gasteiger partial charge in [0.1, 0.15) is 5.82 Å². The third-order valence-corrected chi connectivity index (χ3v) is 4.31. The van der Waals surface area contributed by atoms with Gasteiger partial charge in [-0.05, 0) is 24.1 Å². The van der Waals surface area contributed by atoms with Gasteiger partial charge in [-0.25, -0.2) is 8.42 Å². The Labute approximate surface area is 118 Å². The highest BCUT2D eigenvalue weighted by Gasteiger charge is 2.16. The number of aryl methyl sites for hydroxylation is 1.